The van der Waals surface area contributed by atoms with Gasteiger partial charge in [-0.15, -0.1) is 0 Å². The molecular weight excluding hydrogens is 311 g/mol. The van der Waals surface area contributed by atoms with Gasteiger partial charge in [-0.2, -0.15) is 0 Å². The number of fused-ring (bicyclic) bond motifs is 5. The predicted molar refractivity (Wildman–Crippen MR) is 84.8 cm³/mol. The Morgan fingerprint density at radius 3 is 2.95 bits per heavy atom. The van der Waals surface area contributed by atoms with Gasteiger partial charge >= 0.3 is 124 Å². The van der Waals surface area contributed by atoms with E-state index < -0.39 is 13.9 Å². The minimum absolute atomic E-state index is 0.416. The zero-order chi connectivity index (χ0) is 13.5. The molecular formula is C17H19N2Se+. The standard InChI is InChI=1S/C17H19N2Se/c1-20-10-9-19-16(12-20)15-7-3-2-5-13(15)11-14-6-4-8-18-17(14)19/h2-8,16H,9-12H2,1H3/q+1. The molecule has 2 aliphatic rings. The van der Waals surface area contributed by atoms with Gasteiger partial charge in [0.15, 0.2) is 0 Å². The Morgan fingerprint density at radius 2 is 2.00 bits per heavy atom. The van der Waals surface area contributed by atoms with Crippen LogP contribution in [0.5, 0.6) is 0 Å². The van der Waals surface area contributed by atoms with Crippen LogP contribution >= 0.6 is 0 Å². The molecule has 1 aromatic heterocycles. The van der Waals surface area contributed by atoms with Crippen molar-refractivity contribution in [3.05, 3.63) is 59.3 Å². The van der Waals surface area contributed by atoms with Gasteiger partial charge in [0, 0.05) is 0 Å². The normalized spacial score (nSPS) is 24.4. The number of pyridine rings is 1. The molecule has 0 aliphatic carbocycles. The first-order valence-corrected chi connectivity index (χ1v) is 11.3. The van der Waals surface area contributed by atoms with Gasteiger partial charge in [-0.25, -0.2) is 0 Å². The van der Waals surface area contributed by atoms with E-state index in [0.717, 1.165) is 6.42 Å². The summed E-state index contributed by atoms with van der Waals surface area (Å²) in [6.07, 6.45) is 2.97. The Labute approximate surface area is 124 Å². The van der Waals surface area contributed by atoms with Gasteiger partial charge in [-0.3, -0.25) is 0 Å². The number of anilines is 1. The van der Waals surface area contributed by atoms with Crippen LogP contribution in [0.2, 0.25) is 16.5 Å². The molecule has 2 nitrogen and oxygen atoms in total. The van der Waals surface area contributed by atoms with Crippen LogP contribution in [0.15, 0.2) is 42.6 Å². The van der Waals surface area contributed by atoms with Crippen molar-refractivity contribution < 1.29 is 0 Å². The van der Waals surface area contributed by atoms with Crippen molar-refractivity contribution in [3.63, 3.8) is 0 Å². The van der Waals surface area contributed by atoms with E-state index >= 15 is 0 Å². The SMILES string of the molecule is C[Se+]1CCN2c3ncccc3Cc3ccccc3C2C1. The van der Waals surface area contributed by atoms with E-state index in [1.54, 1.807) is 5.56 Å². The van der Waals surface area contributed by atoms with E-state index in [9.17, 15) is 0 Å². The first kappa shape index (κ1) is 12.4. The van der Waals surface area contributed by atoms with Crippen molar-refractivity contribution in [2.75, 3.05) is 11.4 Å². The summed E-state index contributed by atoms with van der Waals surface area (Å²) in [7, 11) is 0. The van der Waals surface area contributed by atoms with E-state index in [1.165, 1.54) is 34.1 Å². The van der Waals surface area contributed by atoms with Gasteiger partial charge in [0.2, 0.25) is 0 Å². The van der Waals surface area contributed by atoms with Gasteiger partial charge in [-0.05, 0) is 0 Å². The minimum atomic E-state index is -0.416. The van der Waals surface area contributed by atoms with Crippen molar-refractivity contribution >= 4 is 19.7 Å². The molecule has 0 bridgehead atoms. The number of nitrogens with zero attached hydrogens (tertiary/aromatic N) is 2. The van der Waals surface area contributed by atoms with Crippen molar-refractivity contribution in [2.24, 2.45) is 0 Å². The van der Waals surface area contributed by atoms with Gasteiger partial charge in [0.25, 0.3) is 0 Å². The summed E-state index contributed by atoms with van der Waals surface area (Å²) in [4.78, 5) is 7.29. The molecule has 2 aromatic rings. The fourth-order valence-electron chi connectivity index (χ4n) is 3.42. The van der Waals surface area contributed by atoms with Crippen LogP contribution in [0.1, 0.15) is 22.7 Å². The molecule has 1 fully saturated rings. The van der Waals surface area contributed by atoms with Crippen LogP contribution in [-0.4, -0.2) is 25.4 Å². The Bertz CT molecular complexity index is 640. The quantitative estimate of drug-likeness (QED) is 0.685. The molecule has 0 spiro atoms. The molecule has 0 N–H and O–H groups in total. The third-order valence-electron chi connectivity index (χ3n) is 4.43. The summed E-state index contributed by atoms with van der Waals surface area (Å²) in [5.41, 5.74) is 4.42. The van der Waals surface area contributed by atoms with Crippen LogP contribution < -0.4 is 4.90 Å². The summed E-state index contributed by atoms with van der Waals surface area (Å²) >= 11 is -0.416. The van der Waals surface area contributed by atoms with Crippen molar-refractivity contribution in [3.8, 4) is 0 Å². The monoisotopic (exact) mass is 331 g/mol. The maximum atomic E-state index is 4.71. The number of aromatic nitrogens is 1. The predicted octanol–water partition coefficient (Wildman–Crippen LogP) is 3.67. The first-order valence-electron chi connectivity index (χ1n) is 7.20. The number of hydrogen-bond acceptors (Lipinski definition) is 2. The van der Waals surface area contributed by atoms with Crippen LogP contribution in [-0.2, 0) is 6.42 Å². The van der Waals surface area contributed by atoms with E-state index in [1.807, 2.05) is 6.20 Å². The molecule has 4 rings (SSSR count). The molecule has 3 heteroatoms. The average Bonchev–Trinajstić information content (AvgIpc) is 2.61. The Kier molecular flexibility index (Phi) is 3.05. The fraction of sp³-hybridized carbons (Fsp3) is 0.353. The van der Waals surface area contributed by atoms with Gasteiger partial charge in [-0.1, -0.05) is 0 Å². The molecule has 3 heterocycles. The molecule has 2 atom stereocenters. The molecule has 2 unspecified atom stereocenters. The fourth-order valence-corrected chi connectivity index (χ4v) is 6.72. The molecule has 0 saturated carbocycles. The third kappa shape index (κ3) is 1.97. The van der Waals surface area contributed by atoms with Crippen LogP contribution in [0.4, 0.5) is 5.82 Å². The first-order chi connectivity index (χ1) is 9.83. The second-order valence-electron chi connectivity index (χ2n) is 5.72. The van der Waals surface area contributed by atoms with Crippen LogP contribution in [0.3, 0.4) is 0 Å². The van der Waals surface area contributed by atoms with Crippen molar-refractivity contribution in [1.82, 2.24) is 4.98 Å². The van der Waals surface area contributed by atoms with E-state index in [-0.39, 0.29) is 0 Å². The van der Waals surface area contributed by atoms with E-state index in [2.05, 4.69) is 47.1 Å². The second-order valence-corrected chi connectivity index (χ2v) is 10.6. The molecule has 0 amide bonds. The van der Waals surface area contributed by atoms with E-state index in [4.69, 9.17) is 4.98 Å². The maximum absolute atomic E-state index is 4.71. The zero-order valence-electron chi connectivity index (χ0n) is 11.7. The van der Waals surface area contributed by atoms with Crippen molar-refractivity contribution in [2.45, 2.75) is 28.9 Å². The zero-order valence-corrected chi connectivity index (χ0v) is 13.5. The Balaban J connectivity index is 1.90. The van der Waals surface area contributed by atoms with Crippen LogP contribution in [0, 0.1) is 0 Å². The molecule has 20 heavy (non-hydrogen) atoms. The number of benzene rings is 1. The molecule has 1 saturated heterocycles. The molecule has 2 aliphatic heterocycles. The summed E-state index contributed by atoms with van der Waals surface area (Å²) in [5, 5.41) is 2.77. The molecule has 1 aromatic carbocycles. The summed E-state index contributed by atoms with van der Waals surface area (Å²) < 4.78 is 0. The average molecular weight is 330 g/mol. The van der Waals surface area contributed by atoms with Gasteiger partial charge < -0.3 is 0 Å². The number of rotatable bonds is 0. The molecule has 102 valence electrons. The topological polar surface area (TPSA) is 16.1 Å². The Morgan fingerprint density at radius 1 is 1.15 bits per heavy atom. The summed E-state index contributed by atoms with van der Waals surface area (Å²) in [5.74, 6) is 3.73. The Hall–Kier alpha value is -1.31. The van der Waals surface area contributed by atoms with Gasteiger partial charge in [0.05, 0.1) is 0 Å². The van der Waals surface area contributed by atoms with E-state index in [0.29, 0.717) is 6.04 Å². The summed E-state index contributed by atoms with van der Waals surface area (Å²) in [6.45, 7) is 1.18. The van der Waals surface area contributed by atoms with Gasteiger partial charge in [0.1, 0.15) is 0 Å². The molecule has 0 radical (unpaired) electrons. The second kappa shape index (κ2) is 4.91. The number of hydrogen-bond donors (Lipinski definition) is 0. The summed E-state index contributed by atoms with van der Waals surface area (Å²) in [6, 6.07) is 13.9. The van der Waals surface area contributed by atoms with Crippen LogP contribution in [0.25, 0.3) is 0 Å². The van der Waals surface area contributed by atoms with Crippen molar-refractivity contribution in [1.29, 1.82) is 0 Å². The third-order valence-corrected chi connectivity index (χ3v) is 8.14.